The van der Waals surface area contributed by atoms with Gasteiger partial charge in [0.2, 0.25) is 5.67 Å². The van der Waals surface area contributed by atoms with Crippen LogP contribution < -0.4 is 9.64 Å². The van der Waals surface area contributed by atoms with E-state index in [-0.39, 0.29) is 68.5 Å². The van der Waals surface area contributed by atoms with E-state index < -0.39 is 46.9 Å². The number of carbonyl (C=O) groups excluding carboxylic acids is 1. The van der Waals surface area contributed by atoms with Crippen LogP contribution in [0.15, 0.2) is 36.4 Å². The molecule has 1 amide bonds. The Balaban J connectivity index is 1.31. The van der Waals surface area contributed by atoms with Crippen molar-refractivity contribution in [1.29, 1.82) is 0 Å². The molecule has 0 saturated carbocycles. The van der Waals surface area contributed by atoms with Crippen molar-refractivity contribution in [2.45, 2.75) is 68.8 Å². The number of ether oxygens (including phenoxy) is 2. The number of anilines is 1. The number of alkyl halides is 4. The number of benzene rings is 2. The van der Waals surface area contributed by atoms with Crippen LogP contribution in [-0.4, -0.2) is 98.1 Å². The van der Waals surface area contributed by atoms with Gasteiger partial charge < -0.3 is 24.4 Å². The minimum atomic E-state index is -4.58. The molecule has 0 radical (unpaired) electrons. The molecule has 8 nitrogen and oxygen atoms in total. The van der Waals surface area contributed by atoms with Crippen molar-refractivity contribution in [2.75, 3.05) is 64.5 Å². The highest BCUT2D eigenvalue weighted by atomic mass is 19.4. The number of halogens is 5. The second-order valence-electron chi connectivity index (χ2n) is 13.9. The summed E-state index contributed by atoms with van der Waals surface area (Å²) in [6.45, 7) is 3.80. The Hall–Kier alpha value is -3.45. The summed E-state index contributed by atoms with van der Waals surface area (Å²) < 4.78 is 85.6. The van der Waals surface area contributed by atoms with E-state index in [0.29, 0.717) is 56.6 Å². The summed E-state index contributed by atoms with van der Waals surface area (Å²) in [4.78, 5) is 31.3. The van der Waals surface area contributed by atoms with Gasteiger partial charge in [0.1, 0.15) is 11.6 Å². The van der Waals surface area contributed by atoms with Gasteiger partial charge in [-0.2, -0.15) is 13.2 Å². The highest BCUT2D eigenvalue weighted by Gasteiger charge is 2.58. The van der Waals surface area contributed by atoms with Gasteiger partial charge in [0.15, 0.2) is 0 Å². The molecule has 49 heavy (non-hydrogen) atoms. The van der Waals surface area contributed by atoms with E-state index in [2.05, 4.69) is 0 Å². The van der Waals surface area contributed by atoms with E-state index in [4.69, 9.17) is 9.47 Å². The van der Waals surface area contributed by atoms with Crippen molar-refractivity contribution < 1.29 is 46.1 Å². The van der Waals surface area contributed by atoms with Crippen molar-refractivity contribution in [1.82, 2.24) is 9.80 Å². The second-order valence-corrected chi connectivity index (χ2v) is 13.9. The van der Waals surface area contributed by atoms with Gasteiger partial charge in [0.05, 0.1) is 18.6 Å². The van der Waals surface area contributed by atoms with Crippen LogP contribution in [0.5, 0.6) is 5.75 Å². The van der Waals surface area contributed by atoms with E-state index in [1.165, 1.54) is 30.2 Å². The Kier molecular flexibility index (Phi) is 10.1. The lowest BCUT2D eigenvalue weighted by atomic mass is 9.84. The molecule has 4 atom stereocenters. The normalized spacial score (nSPS) is 27.5. The number of piperidine rings is 1. The molecule has 2 aromatic rings. The number of carboxylic acid groups (broad SMARTS) is 1. The molecule has 0 bridgehead atoms. The molecule has 6 rings (SSSR count). The Morgan fingerprint density at radius 3 is 2.31 bits per heavy atom. The third kappa shape index (κ3) is 6.97. The highest BCUT2D eigenvalue weighted by Crippen LogP contribution is 2.47. The molecule has 4 heterocycles. The lowest BCUT2D eigenvalue weighted by molar-refractivity contribution is -0.143. The number of aliphatic carboxylic acids is 1. The summed E-state index contributed by atoms with van der Waals surface area (Å²) >= 11 is 0. The predicted molar refractivity (Wildman–Crippen MR) is 172 cm³/mol. The molecular weight excluding hydrogens is 649 g/mol. The Morgan fingerprint density at radius 1 is 1.00 bits per heavy atom. The molecule has 4 aliphatic heterocycles. The number of methoxy groups -OCH3 is 1. The van der Waals surface area contributed by atoms with E-state index in [0.717, 1.165) is 12.1 Å². The molecule has 0 spiro atoms. The Bertz CT molecular complexity index is 1530. The molecule has 0 unspecified atom stereocenters. The molecule has 4 saturated heterocycles. The van der Waals surface area contributed by atoms with Gasteiger partial charge in [-0.3, -0.25) is 14.5 Å². The summed E-state index contributed by atoms with van der Waals surface area (Å²) in [5.74, 6) is -4.21. The zero-order valence-electron chi connectivity index (χ0n) is 27.9. The van der Waals surface area contributed by atoms with Crippen molar-refractivity contribution in [3.8, 4) is 5.75 Å². The van der Waals surface area contributed by atoms with Gasteiger partial charge in [-0.25, -0.2) is 8.78 Å². The van der Waals surface area contributed by atoms with Gasteiger partial charge >= 0.3 is 12.1 Å². The molecule has 4 fully saturated rings. The minimum Gasteiger partial charge on any atom is -0.497 e. The van der Waals surface area contributed by atoms with Gasteiger partial charge in [-0.1, -0.05) is 25.5 Å². The summed E-state index contributed by atoms with van der Waals surface area (Å²) in [6, 6.07) is 7.85. The quantitative estimate of drug-likeness (QED) is 0.335. The smallest absolute Gasteiger partial charge is 0.416 e. The molecule has 1 N–H and O–H groups in total. The van der Waals surface area contributed by atoms with Crippen molar-refractivity contribution in [3.63, 3.8) is 0 Å². The van der Waals surface area contributed by atoms with E-state index in [1.54, 1.807) is 6.07 Å². The van der Waals surface area contributed by atoms with E-state index in [9.17, 15) is 27.9 Å². The van der Waals surface area contributed by atoms with Crippen LogP contribution in [0.25, 0.3) is 0 Å². The van der Waals surface area contributed by atoms with Gasteiger partial charge in [-0.05, 0) is 60.9 Å². The SMILES string of the molecule is CC[C@H]1CN(C(=O)[C@]2(F)CN(C3CCOCC3)C[C@H]2c2ccc(OC)cc2F)C[C@@H]1c1ccc(C(F)(F)F)cc1N1CCC(C(=O)O)CC1. The van der Waals surface area contributed by atoms with Gasteiger partial charge in [0, 0.05) is 82.1 Å². The maximum atomic E-state index is 17.6. The fourth-order valence-electron chi connectivity index (χ4n) is 8.40. The van der Waals surface area contributed by atoms with Crippen LogP contribution in [-0.2, 0) is 20.5 Å². The van der Waals surface area contributed by atoms with Crippen LogP contribution in [0.2, 0.25) is 0 Å². The number of hydrogen-bond acceptors (Lipinski definition) is 6. The molecule has 0 aliphatic carbocycles. The maximum Gasteiger partial charge on any atom is 0.416 e. The number of carbonyl (C=O) groups is 2. The highest BCUT2D eigenvalue weighted by molar-refractivity contribution is 5.88. The first-order valence-electron chi connectivity index (χ1n) is 17.2. The fraction of sp³-hybridized carbons (Fsp3) is 0.611. The minimum absolute atomic E-state index is 0.0160. The largest absolute Gasteiger partial charge is 0.497 e. The van der Waals surface area contributed by atoms with Gasteiger partial charge in [0.25, 0.3) is 5.91 Å². The molecule has 0 aromatic heterocycles. The van der Waals surface area contributed by atoms with E-state index >= 15 is 8.78 Å². The molecular formula is C36H44F5N3O5. The van der Waals surface area contributed by atoms with Gasteiger partial charge in [-0.15, -0.1) is 0 Å². The third-order valence-corrected chi connectivity index (χ3v) is 11.2. The maximum absolute atomic E-state index is 17.6. The van der Waals surface area contributed by atoms with Crippen molar-refractivity contribution in [2.24, 2.45) is 11.8 Å². The van der Waals surface area contributed by atoms with Crippen LogP contribution in [0.3, 0.4) is 0 Å². The summed E-state index contributed by atoms with van der Waals surface area (Å²) in [5, 5.41) is 9.48. The van der Waals surface area contributed by atoms with Crippen LogP contribution in [0.1, 0.15) is 67.6 Å². The summed E-state index contributed by atoms with van der Waals surface area (Å²) in [7, 11) is 1.41. The topological polar surface area (TPSA) is 82.6 Å². The standard InChI is InChI=1S/C36H44F5N3O5/c1-3-22-18-43(19-29(22)27-6-4-24(36(39,40)41)16-32(27)42-12-8-23(9-13-42)33(45)46)34(47)35(38)21-44(25-10-14-49-15-11-25)20-30(35)28-7-5-26(48-2)17-31(28)37/h4-7,16-17,22-23,25,29-30H,3,8-15,18-21H2,1-2H3,(H,45,46)/t22-,29-,30-,35-/m0/s1. The number of rotatable bonds is 8. The number of nitrogens with zero attached hydrogens (tertiary/aromatic N) is 3. The van der Waals surface area contributed by atoms with Crippen LogP contribution in [0.4, 0.5) is 27.6 Å². The zero-order valence-corrected chi connectivity index (χ0v) is 27.9. The number of amides is 1. The number of hydrogen-bond donors (Lipinski definition) is 1. The van der Waals surface area contributed by atoms with Crippen molar-refractivity contribution in [3.05, 3.63) is 58.9 Å². The Labute approximate surface area is 283 Å². The predicted octanol–water partition coefficient (Wildman–Crippen LogP) is 6.09. The molecule has 4 aliphatic rings. The molecule has 13 heteroatoms. The Morgan fingerprint density at radius 2 is 1.69 bits per heavy atom. The summed E-state index contributed by atoms with van der Waals surface area (Å²) in [6.07, 6.45) is -2.04. The summed E-state index contributed by atoms with van der Waals surface area (Å²) in [5.41, 5.74) is -2.15. The average molecular weight is 694 g/mol. The van der Waals surface area contributed by atoms with Crippen molar-refractivity contribution >= 4 is 17.6 Å². The first-order chi connectivity index (χ1) is 23.3. The van der Waals surface area contributed by atoms with Crippen LogP contribution in [0, 0.1) is 17.7 Å². The second kappa shape index (κ2) is 14.0. The first kappa shape index (κ1) is 35.4. The van der Waals surface area contributed by atoms with E-state index in [1.807, 2.05) is 16.7 Å². The average Bonchev–Trinajstić information content (AvgIpc) is 3.69. The lowest BCUT2D eigenvalue weighted by Crippen LogP contribution is -2.50. The molecule has 2 aromatic carbocycles. The van der Waals surface area contributed by atoms with Crippen LogP contribution >= 0.6 is 0 Å². The third-order valence-electron chi connectivity index (χ3n) is 11.2. The number of carboxylic acids is 1. The number of likely N-dealkylation sites (tertiary alicyclic amines) is 2. The fourth-order valence-corrected chi connectivity index (χ4v) is 8.40. The lowest BCUT2D eigenvalue weighted by Gasteiger charge is -2.35. The zero-order chi connectivity index (χ0) is 35.1. The molecule has 268 valence electrons. The first-order valence-corrected chi connectivity index (χ1v) is 17.2. The monoisotopic (exact) mass is 693 g/mol.